The van der Waals surface area contributed by atoms with Gasteiger partial charge in [-0.1, -0.05) is 0 Å². The lowest BCUT2D eigenvalue weighted by Gasteiger charge is -2.11. The van der Waals surface area contributed by atoms with Crippen LogP contribution in [0.5, 0.6) is 0 Å². The van der Waals surface area contributed by atoms with Gasteiger partial charge < -0.3 is 15.4 Å². The van der Waals surface area contributed by atoms with Crippen LogP contribution in [0.2, 0.25) is 0 Å². The van der Waals surface area contributed by atoms with Gasteiger partial charge in [0, 0.05) is 6.54 Å². The summed E-state index contributed by atoms with van der Waals surface area (Å²) in [6.45, 7) is -0.382. The van der Waals surface area contributed by atoms with Crippen molar-refractivity contribution in [3.8, 4) is 0 Å². The van der Waals surface area contributed by atoms with E-state index in [1.807, 2.05) is 0 Å². The molecule has 0 fully saturated rings. The minimum absolute atomic E-state index is 0.103. The molecule has 0 amide bonds. The highest BCUT2D eigenvalue weighted by Gasteiger charge is 2.17. The van der Waals surface area contributed by atoms with Crippen molar-refractivity contribution in [2.24, 2.45) is 0 Å². The lowest BCUT2D eigenvalue weighted by atomic mass is 10.3. The zero-order valence-electron chi connectivity index (χ0n) is 7.38. The molecule has 0 aliphatic heterocycles. The molecule has 5 nitrogen and oxygen atoms in total. The monoisotopic (exact) mass is 283 g/mol. The first-order valence-corrected chi connectivity index (χ1v) is 4.75. The molecule has 8 heteroatoms. The normalized spacial score (nSPS) is 12.9. The standard InChI is InChI=1S/C7H8BrF2N3O2/c8-4-6(12-2-13-7(4)15)11-1-3(14)5(9)10/h2-3,5,14H,1H2,(H2,11,12,13,15). The van der Waals surface area contributed by atoms with Crippen molar-refractivity contribution in [1.82, 2.24) is 9.97 Å². The maximum absolute atomic E-state index is 11.9. The number of hydrogen-bond acceptors (Lipinski definition) is 4. The van der Waals surface area contributed by atoms with E-state index in [4.69, 9.17) is 5.11 Å². The van der Waals surface area contributed by atoms with E-state index in [0.717, 1.165) is 6.33 Å². The number of anilines is 1. The molecule has 0 aliphatic carbocycles. The molecule has 0 saturated heterocycles. The SMILES string of the molecule is O=c1[nH]cnc(NCC(O)C(F)F)c1Br. The van der Waals surface area contributed by atoms with Crippen molar-refractivity contribution in [2.75, 3.05) is 11.9 Å². The topological polar surface area (TPSA) is 78.0 Å². The average molecular weight is 284 g/mol. The molecule has 1 aromatic heterocycles. The maximum Gasteiger partial charge on any atom is 0.267 e. The third-order valence-corrected chi connectivity index (χ3v) is 2.30. The quantitative estimate of drug-likeness (QED) is 0.755. The molecule has 0 aromatic carbocycles. The largest absolute Gasteiger partial charge is 0.385 e. The van der Waals surface area contributed by atoms with Crippen LogP contribution in [0.3, 0.4) is 0 Å². The van der Waals surface area contributed by atoms with Gasteiger partial charge in [0.05, 0.1) is 6.33 Å². The molecule has 3 N–H and O–H groups in total. The number of aliphatic hydroxyl groups is 1. The Hall–Kier alpha value is -1.02. The average Bonchev–Trinajstić information content (AvgIpc) is 2.19. The predicted molar refractivity (Wildman–Crippen MR) is 53.1 cm³/mol. The van der Waals surface area contributed by atoms with E-state index < -0.39 is 18.1 Å². The second-order valence-electron chi connectivity index (χ2n) is 2.68. The number of aliphatic hydroxyl groups excluding tert-OH is 1. The van der Waals surface area contributed by atoms with E-state index in [0.29, 0.717) is 0 Å². The van der Waals surface area contributed by atoms with E-state index >= 15 is 0 Å². The zero-order valence-corrected chi connectivity index (χ0v) is 8.96. The molecule has 15 heavy (non-hydrogen) atoms. The van der Waals surface area contributed by atoms with Crippen molar-refractivity contribution in [3.05, 3.63) is 21.2 Å². The van der Waals surface area contributed by atoms with Gasteiger partial charge in [-0.3, -0.25) is 4.79 Å². The Kier molecular flexibility index (Phi) is 4.15. The van der Waals surface area contributed by atoms with Crippen molar-refractivity contribution < 1.29 is 13.9 Å². The minimum atomic E-state index is -2.83. The van der Waals surface area contributed by atoms with Crippen LogP contribution < -0.4 is 10.9 Å². The van der Waals surface area contributed by atoms with Crippen LogP contribution in [0.25, 0.3) is 0 Å². The Labute approximate surface area is 91.7 Å². The van der Waals surface area contributed by atoms with Crippen LogP contribution in [0.15, 0.2) is 15.6 Å². The molecule has 0 bridgehead atoms. The third-order valence-electron chi connectivity index (χ3n) is 1.57. The van der Waals surface area contributed by atoms with Crippen LogP contribution in [-0.2, 0) is 0 Å². The molecule has 1 heterocycles. The van der Waals surface area contributed by atoms with Gasteiger partial charge in [-0.15, -0.1) is 0 Å². The zero-order chi connectivity index (χ0) is 11.4. The van der Waals surface area contributed by atoms with Gasteiger partial charge in [0.15, 0.2) is 0 Å². The van der Waals surface area contributed by atoms with E-state index in [1.54, 1.807) is 0 Å². The van der Waals surface area contributed by atoms with Crippen LogP contribution in [0, 0.1) is 0 Å². The molecule has 0 aliphatic rings. The van der Waals surface area contributed by atoms with Crippen LogP contribution >= 0.6 is 15.9 Å². The predicted octanol–water partition coefficient (Wildman–Crippen LogP) is 0.570. The Morgan fingerprint density at radius 1 is 1.67 bits per heavy atom. The number of alkyl halides is 2. The Balaban J connectivity index is 2.66. The molecule has 0 spiro atoms. The summed E-state index contributed by atoms with van der Waals surface area (Å²) in [6.07, 6.45) is -3.50. The maximum atomic E-state index is 11.9. The number of rotatable bonds is 4. The summed E-state index contributed by atoms with van der Waals surface area (Å²) in [6, 6.07) is 0. The summed E-state index contributed by atoms with van der Waals surface area (Å²) in [5, 5.41) is 11.2. The number of aromatic nitrogens is 2. The molecular weight excluding hydrogens is 276 g/mol. The molecule has 84 valence electrons. The van der Waals surface area contributed by atoms with E-state index in [-0.39, 0.29) is 16.8 Å². The third kappa shape index (κ3) is 3.24. The number of aromatic amines is 1. The van der Waals surface area contributed by atoms with Gasteiger partial charge >= 0.3 is 0 Å². The molecule has 1 rings (SSSR count). The van der Waals surface area contributed by atoms with Crippen LogP contribution in [-0.4, -0.2) is 34.1 Å². The fourth-order valence-electron chi connectivity index (χ4n) is 0.797. The second-order valence-corrected chi connectivity index (χ2v) is 3.47. The van der Waals surface area contributed by atoms with Crippen molar-refractivity contribution in [3.63, 3.8) is 0 Å². The number of halogens is 3. The molecule has 0 radical (unpaired) electrons. The highest BCUT2D eigenvalue weighted by Crippen LogP contribution is 2.13. The summed E-state index contributed by atoms with van der Waals surface area (Å²) in [7, 11) is 0. The fourth-order valence-corrected chi connectivity index (χ4v) is 1.15. The van der Waals surface area contributed by atoms with Gasteiger partial charge in [-0.25, -0.2) is 13.8 Å². The first-order chi connectivity index (χ1) is 7.02. The lowest BCUT2D eigenvalue weighted by Crippen LogP contribution is -2.27. The minimum Gasteiger partial charge on any atom is -0.385 e. The van der Waals surface area contributed by atoms with Gasteiger partial charge in [-0.05, 0) is 15.9 Å². The van der Waals surface area contributed by atoms with Gasteiger partial charge in [0.1, 0.15) is 16.4 Å². The first-order valence-electron chi connectivity index (χ1n) is 3.95. The Morgan fingerprint density at radius 3 is 2.93 bits per heavy atom. The highest BCUT2D eigenvalue weighted by atomic mass is 79.9. The number of hydrogen-bond donors (Lipinski definition) is 3. The van der Waals surface area contributed by atoms with Crippen LogP contribution in [0.4, 0.5) is 14.6 Å². The summed E-state index contributed by atoms with van der Waals surface area (Å²) in [5.41, 5.74) is -0.431. The van der Waals surface area contributed by atoms with Crippen molar-refractivity contribution in [1.29, 1.82) is 0 Å². The number of H-pyrrole nitrogens is 1. The van der Waals surface area contributed by atoms with E-state index in [2.05, 4.69) is 31.2 Å². The number of nitrogens with one attached hydrogen (secondary N) is 2. The number of nitrogens with zero attached hydrogens (tertiary/aromatic N) is 1. The highest BCUT2D eigenvalue weighted by molar-refractivity contribution is 9.10. The fraction of sp³-hybridized carbons (Fsp3) is 0.429. The summed E-state index contributed by atoms with van der Waals surface area (Å²) in [5.74, 6) is 0.110. The summed E-state index contributed by atoms with van der Waals surface area (Å²) < 4.78 is 23.9. The second kappa shape index (κ2) is 5.17. The van der Waals surface area contributed by atoms with Gasteiger partial charge in [0.2, 0.25) is 0 Å². The smallest absolute Gasteiger partial charge is 0.267 e. The van der Waals surface area contributed by atoms with Crippen molar-refractivity contribution >= 4 is 21.7 Å². The summed E-state index contributed by atoms with van der Waals surface area (Å²) in [4.78, 5) is 17.0. The Morgan fingerprint density at radius 2 is 2.33 bits per heavy atom. The van der Waals surface area contributed by atoms with Gasteiger partial charge in [0.25, 0.3) is 12.0 Å². The molecule has 1 aromatic rings. The lowest BCUT2D eigenvalue weighted by molar-refractivity contribution is 0.00380. The molecular formula is C7H8BrF2N3O2. The summed E-state index contributed by atoms with van der Waals surface area (Å²) >= 11 is 2.93. The van der Waals surface area contributed by atoms with E-state index in [9.17, 15) is 13.6 Å². The van der Waals surface area contributed by atoms with Gasteiger partial charge in [-0.2, -0.15) is 0 Å². The van der Waals surface area contributed by atoms with Crippen LogP contribution in [0.1, 0.15) is 0 Å². The molecule has 0 saturated carbocycles. The first kappa shape index (κ1) is 12.1. The van der Waals surface area contributed by atoms with E-state index in [1.165, 1.54) is 0 Å². The molecule has 1 atom stereocenters. The molecule has 1 unspecified atom stereocenters. The van der Waals surface area contributed by atoms with Crippen molar-refractivity contribution in [2.45, 2.75) is 12.5 Å². The Bertz CT molecular complexity index is 385.